The van der Waals surface area contributed by atoms with Gasteiger partial charge in [0.15, 0.2) is 17.3 Å². The van der Waals surface area contributed by atoms with Crippen molar-refractivity contribution in [1.29, 1.82) is 0 Å². The summed E-state index contributed by atoms with van der Waals surface area (Å²) in [5.74, 6) is 1.47. The second kappa shape index (κ2) is 5.87. The van der Waals surface area contributed by atoms with Crippen molar-refractivity contribution in [3.05, 3.63) is 23.8 Å². The van der Waals surface area contributed by atoms with E-state index in [4.69, 9.17) is 14.2 Å². The molecule has 1 heterocycles. The fraction of sp³-hybridized carbons (Fsp3) is 0.500. The summed E-state index contributed by atoms with van der Waals surface area (Å²) in [6.45, 7) is 1.34. The van der Waals surface area contributed by atoms with E-state index in [2.05, 4.69) is 0 Å². The Morgan fingerprint density at radius 3 is 2.44 bits per heavy atom. The Morgan fingerprint density at radius 2 is 1.83 bits per heavy atom. The lowest BCUT2D eigenvalue weighted by Crippen LogP contribution is -2.23. The summed E-state index contributed by atoms with van der Waals surface area (Å²) in [5.41, 5.74) is 0.680. The summed E-state index contributed by atoms with van der Waals surface area (Å²) in [5, 5.41) is 0. The van der Waals surface area contributed by atoms with Crippen LogP contribution in [0.25, 0.3) is 0 Å². The van der Waals surface area contributed by atoms with Gasteiger partial charge in [0.1, 0.15) is 0 Å². The van der Waals surface area contributed by atoms with Crippen LogP contribution >= 0.6 is 0 Å². The van der Waals surface area contributed by atoms with Crippen molar-refractivity contribution in [2.45, 2.75) is 12.8 Å². The fourth-order valence-corrected chi connectivity index (χ4v) is 2.18. The largest absolute Gasteiger partial charge is 0.493 e. The number of hydrogen-bond donors (Lipinski definition) is 0. The van der Waals surface area contributed by atoms with Crippen LogP contribution in [0.15, 0.2) is 18.2 Å². The Labute approximate surface area is 107 Å². The third-order valence-electron chi connectivity index (χ3n) is 3.26. The summed E-state index contributed by atoms with van der Waals surface area (Å²) in [7, 11) is 3.15. The Hall–Kier alpha value is -1.55. The van der Waals surface area contributed by atoms with Crippen molar-refractivity contribution >= 4 is 5.78 Å². The SMILES string of the molecule is COc1ccc(C(=O)C2CCOCC2)cc1OC. The number of carbonyl (C=O) groups is 1. The number of rotatable bonds is 4. The number of ketones is 1. The van der Waals surface area contributed by atoms with Crippen LogP contribution in [0.5, 0.6) is 11.5 Å². The lowest BCUT2D eigenvalue weighted by Gasteiger charge is -2.21. The summed E-state index contributed by atoms with van der Waals surface area (Å²) >= 11 is 0. The van der Waals surface area contributed by atoms with E-state index in [1.54, 1.807) is 32.4 Å². The number of Topliss-reactive ketones (excluding diaryl/α,β-unsaturated/α-hetero) is 1. The first-order chi connectivity index (χ1) is 8.76. The summed E-state index contributed by atoms with van der Waals surface area (Å²) in [6, 6.07) is 5.31. The molecule has 0 bridgehead atoms. The molecule has 4 heteroatoms. The van der Waals surface area contributed by atoms with Gasteiger partial charge in [-0.05, 0) is 31.0 Å². The average Bonchev–Trinajstić information content (AvgIpc) is 2.46. The summed E-state index contributed by atoms with van der Waals surface area (Å²) in [4.78, 5) is 12.3. The molecule has 2 rings (SSSR count). The predicted octanol–water partition coefficient (Wildman–Crippen LogP) is 2.31. The van der Waals surface area contributed by atoms with Crippen LogP contribution in [0.3, 0.4) is 0 Å². The number of benzene rings is 1. The first-order valence-electron chi connectivity index (χ1n) is 6.10. The van der Waals surface area contributed by atoms with E-state index in [1.165, 1.54) is 0 Å². The molecule has 1 aliphatic heterocycles. The zero-order chi connectivity index (χ0) is 13.0. The molecule has 1 aromatic carbocycles. The van der Waals surface area contributed by atoms with Gasteiger partial charge in [-0.1, -0.05) is 0 Å². The lowest BCUT2D eigenvalue weighted by atomic mass is 9.91. The van der Waals surface area contributed by atoms with E-state index >= 15 is 0 Å². The van der Waals surface area contributed by atoms with Gasteiger partial charge in [0.2, 0.25) is 0 Å². The Morgan fingerprint density at radius 1 is 1.17 bits per heavy atom. The van der Waals surface area contributed by atoms with Crippen molar-refractivity contribution < 1.29 is 19.0 Å². The molecule has 0 spiro atoms. The molecular formula is C14H18O4. The minimum absolute atomic E-state index is 0.0665. The summed E-state index contributed by atoms with van der Waals surface area (Å²) < 4.78 is 15.6. The molecule has 98 valence electrons. The van der Waals surface area contributed by atoms with Crippen molar-refractivity contribution in [3.8, 4) is 11.5 Å². The lowest BCUT2D eigenvalue weighted by molar-refractivity contribution is 0.0544. The first kappa shape index (κ1) is 12.9. The molecule has 0 atom stereocenters. The highest BCUT2D eigenvalue weighted by Crippen LogP contribution is 2.29. The molecular weight excluding hydrogens is 232 g/mol. The highest BCUT2D eigenvalue weighted by Gasteiger charge is 2.23. The molecule has 0 aromatic heterocycles. The summed E-state index contributed by atoms with van der Waals surface area (Å²) in [6.07, 6.45) is 1.60. The average molecular weight is 250 g/mol. The zero-order valence-electron chi connectivity index (χ0n) is 10.8. The van der Waals surface area contributed by atoms with E-state index in [9.17, 15) is 4.79 Å². The highest BCUT2D eigenvalue weighted by atomic mass is 16.5. The molecule has 0 N–H and O–H groups in total. The fourth-order valence-electron chi connectivity index (χ4n) is 2.18. The Kier molecular flexibility index (Phi) is 4.20. The number of methoxy groups -OCH3 is 2. The number of hydrogen-bond acceptors (Lipinski definition) is 4. The highest BCUT2D eigenvalue weighted by molar-refractivity contribution is 5.98. The molecule has 1 fully saturated rings. The normalized spacial score (nSPS) is 16.3. The van der Waals surface area contributed by atoms with Crippen LogP contribution in [0.1, 0.15) is 23.2 Å². The molecule has 0 unspecified atom stereocenters. The van der Waals surface area contributed by atoms with E-state index in [0.717, 1.165) is 12.8 Å². The second-order valence-electron chi connectivity index (χ2n) is 4.32. The van der Waals surface area contributed by atoms with Crippen molar-refractivity contribution in [2.24, 2.45) is 5.92 Å². The topological polar surface area (TPSA) is 44.8 Å². The quantitative estimate of drug-likeness (QED) is 0.769. The van der Waals surface area contributed by atoms with Gasteiger partial charge >= 0.3 is 0 Å². The van der Waals surface area contributed by atoms with E-state index in [0.29, 0.717) is 30.3 Å². The zero-order valence-corrected chi connectivity index (χ0v) is 10.8. The van der Waals surface area contributed by atoms with Crippen LogP contribution < -0.4 is 9.47 Å². The molecule has 0 amide bonds. The van der Waals surface area contributed by atoms with Gasteiger partial charge in [0.05, 0.1) is 14.2 Å². The van der Waals surface area contributed by atoms with Crippen LogP contribution in [-0.2, 0) is 4.74 Å². The van der Waals surface area contributed by atoms with Gasteiger partial charge in [-0.2, -0.15) is 0 Å². The van der Waals surface area contributed by atoms with Crippen LogP contribution in [0, 0.1) is 5.92 Å². The smallest absolute Gasteiger partial charge is 0.166 e. The molecule has 4 nitrogen and oxygen atoms in total. The maximum Gasteiger partial charge on any atom is 0.166 e. The van der Waals surface area contributed by atoms with Crippen LogP contribution in [0.4, 0.5) is 0 Å². The van der Waals surface area contributed by atoms with E-state index in [1.807, 2.05) is 0 Å². The van der Waals surface area contributed by atoms with Gasteiger partial charge in [-0.3, -0.25) is 4.79 Å². The number of ether oxygens (including phenoxy) is 3. The van der Waals surface area contributed by atoms with Gasteiger partial charge in [-0.25, -0.2) is 0 Å². The van der Waals surface area contributed by atoms with E-state index < -0.39 is 0 Å². The maximum atomic E-state index is 12.3. The molecule has 1 saturated heterocycles. The third kappa shape index (κ3) is 2.64. The minimum Gasteiger partial charge on any atom is -0.493 e. The van der Waals surface area contributed by atoms with Crippen LogP contribution in [-0.4, -0.2) is 33.2 Å². The Bertz CT molecular complexity index is 422. The standard InChI is InChI=1S/C14H18O4/c1-16-12-4-3-11(9-13(12)17-2)14(15)10-5-7-18-8-6-10/h3-4,9-10H,5-8H2,1-2H3. The molecule has 0 radical (unpaired) electrons. The second-order valence-corrected chi connectivity index (χ2v) is 4.32. The first-order valence-corrected chi connectivity index (χ1v) is 6.10. The van der Waals surface area contributed by atoms with Crippen molar-refractivity contribution in [3.63, 3.8) is 0 Å². The van der Waals surface area contributed by atoms with E-state index in [-0.39, 0.29) is 11.7 Å². The van der Waals surface area contributed by atoms with Crippen molar-refractivity contribution in [2.75, 3.05) is 27.4 Å². The monoisotopic (exact) mass is 250 g/mol. The molecule has 1 aromatic rings. The van der Waals surface area contributed by atoms with Crippen molar-refractivity contribution in [1.82, 2.24) is 0 Å². The van der Waals surface area contributed by atoms with Gasteiger partial charge in [0, 0.05) is 24.7 Å². The third-order valence-corrected chi connectivity index (χ3v) is 3.26. The number of carbonyl (C=O) groups excluding carboxylic acids is 1. The maximum absolute atomic E-state index is 12.3. The molecule has 18 heavy (non-hydrogen) atoms. The van der Waals surface area contributed by atoms with Gasteiger partial charge in [0.25, 0.3) is 0 Å². The Balaban J connectivity index is 2.19. The van der Waals surface area contributed by atoms with Crippen LogP contribution in [0.2, 0.25) is 0 Å². The minimum atomic E-state index is 0.0665. The van der Waals surface area contributed by atoms with Gasteiger partial charge in [-0.15, -0.1) is 0 Å². The molecule has 1 aliphatic rings. The molecule has 0 aliphatic carbocycles. The molecule has 0 saturated carbocycles. The predicted molar refractivity (Wildman–Crippen MR) is 67.4 cm³/mol. The van der Waals surface area contributed by atoms with Gasteiger partial charge < -0.3 is 14.2 Å².